The molecule has 1 atom stereocenters. The third kappa shape index (κ3) is 4.50. The summed E-state index contributed by atoms with van der Waals surface area (Å²) in [6.45, 7) is 1.68. The van der Waals surface area contributed by atoms with Gasteiger partial charge in [0.1, 0.15) is 11.5 Å². The molecule has 4 rings (SSSR count). The molecule has 2 heterocycles. The second-order valence-electron chi connectivity index (χ2n) is 6.86. The number of methoxy groups -OCH3 is 1. The minimum atomic E-state index is -0.186. The molecule has 1 N–H and O–H groups in total. The molecule has 1 unspecified atom stereocenters. The fraction of sp³-hybridized carbons (Fsp3) is 0.318. The Morgan fingerprint density at radius 2 is 2.14 bits per heavy atom. The number of hydrogen-bond acceptors (Lipinski definition) is 5. The molecule has 29 heavy (non-hydrogen) atoms. The van der Waals surface area contributed by atoms with Crippen LogP contribution in [0.3, 0.4) is 0 Å². The van der Waals surface area contributed by atoms with Crippen LogP contribution in [0.2, 0.25) is 5.02 Å². The number of thiophene rings is 1. The van der Waals surface area contributed by atoms with Gasteiger partial charge in [-0.15, -0.1) is 11.3 Å². The standard InChI is InChI=1S/C22H22ClNO4S/c1-26-18-11-14(8-9-17(18)28-13-15-5-4-10-27-15)12-24-22(25)21-20(23)16-6-2-3-7-19(16)29-21/h2-3,6-9,11,15H,4-5,10,12-13H2,1H3,(H,24,25). The van der Waals surface area contributed by atoms with Crippen molar-refractivity contribution in [2.24, 2.45) is 0 Å². The molecular formula is C22H22ClNO4S. The maximum atomic E-state index is 12.6. The second-order valence-corrected chi connectivity index (χ2v) is 8.29. The van der Waals surface area contributed by atoms with Gasteiger partial charge >= 0.3 is 0 Å². The van der Waals surface area contributed by atoms with E-state index in [-0.39, 0.29) is 12.0 Å². The van der Waals surface area contributed by atoms with Crippen LogP contribution in [0.1, 0.15) is 28.1 Å². The van der Waals surface area contributed by atoms with E-state index in [9.17, 15) is 4.79 Å². The number of nitrogens with one attached hydrogen (secondary N) is 1. The third-order valence-corrected chi connectivity index (χ3v) is 6.55. The lowest BCUT2D eigenvalue weighted by atomic mass is 10.2. The Kier molecular flexibility index (Phi) is 6.23. The van der Waals surface area contributed by atoms with Gasteiger partial charge in [0.15, 0.2) is 11.5 Å². The zero-order valence-electron chi connectivity index (χ0n) is 16.1. The van der Waals surface area contributed by atoms with Crippen LogP contribution in [-0.2, 0) is 11.3 Å². The highest BCUT2D eigenvalue weighted by Gasteiger charge is 2.18. The molecule has 0 bridgehead atoms. The Balaban J connectivity index is 1.40. The Morgan fingerprint density at radius 3 is 2.90 bits per heavy atom. The predicted octanol–water partition coefficient (Wildman–Crippen LogP) is 5.05. The lowest BCUT2D eigenvalue weighted by Crippen LogP contribution is -2.22. The normalized spacial score (nSPS) is 16.1. The average molecular weight is 432 g/mol. The van der Waals surface area contributed by atoms with Gasteiger partial charge in [-0.05, 0) is 36.6 Å². The highest BCUT2D eigenvalue weighted by atomic mass is 35.5. The minimum absolute atomic E-state index is 0.143. The first kappa shape index (κ1) is 20.0. The molecule has 152 valence electrons. The number of benzene rings is 2. The molecule has 1 amide bonds. The number of hydrogen-bond donors (Lipinski definition) is 1. The van der Waals surface area contributed by atoms with Gasteiger partial charge < -0.3 is 19.5 Å². The van der Waals surface area contributed by atoms with Crippen LogP contribution in [0, 0.1) is 0 Å². The zero-order chi connectivity index (χ0) is 20.2. The summed E-state index contributed by atoms with van der Waals surface area (Å²) in [7, 11) is 1.60. The monoisotopic (exact) mass is 431 g/mol. The minimum Gasteiger partial charge on any atom is -0.493 e. The van der Waals surface area contributed by atoms with E-state index in [4.69, 9.17) is 25.8 Å². The summed E-state index contributed by atoms with van der Waals surface area (Å²) in [6, 6.07) is 13.4. The first-order valence-electron chi connectivity index (χ1n) is 9.52. The van der Waals surface area contributed by atoms with Crippen LogP contribution in [0.4, 0.5) is 0 Å². The molecule has 3 aromatic rings. The number of halogens is 1. The quantitative estimate of drug-likeness (QED) is 0.568. The molecule has 2 aromatic carbocycles. The third-order valence-electron chi connectivity index (χ3n) is 4.87. The summed E-state index contributed by atoms with van der Waals surface area (Å²) in [5.41, 5.74) is 0.914. The van der Waals surface area contributed by atoms with Crippen molar-refractivity contribution in [2.45, 2.75) is 25.5 Å². The topological polar surface area (TPSA) is 56.8 Å². The summed E-state index contributed by atoms with van der Waals surface area (Å²) >= 11 is 7.79. The fourth-order valence-electron chi connectivity index (χ4n) is 3.32. The van der Waals surface area contributed by atoms with Crippen molar-refractivity contribution in [3.8, 4) is 11.5 Å². The summed E-state index contributed by atoms with van der Waals surface area (Å²) in [4.78, 5) is 13.1. The largest absolute Gasteiger partial charge is 0.493 e. The number of ether oxygens (including phenoxy) is 3. The van der Waals surface area contributed by atoms with E-state index in [1.165, 1.54) is 11.3 Å². The second kappa shape index (κ2) is 9.03. The summed E-state index contributed by atoms with van der Waals surface area (Å²) in [6.07, 6.45) is 2.24. The molecular weight excluding hydrogens is 410 g/mol. The van der Waals surface area contributed by atoms with E-state index in [0.717, 1.165) is 35.1 Å². The number of fused-ring (bicyclic) bond motifs is 1. The van der Waals surface area contributed by atoms with Crippen molar-refractivity contribution < 1.29 is 19.0 Å². The van der Waals surface area contributed by atoms with Crippen molar-refractivity contribution in [3.05, 3.63) is 57.9 Å². The van der Waals surface area contributed by atoms with Crippen LogP contribution in [0.25, 0.3) is 10.1 Å². The molecule has 1 aliphatic rings. The Morgan fingerprint density at radius 1 is 1.28 bits per heavy atom. The van der Waals surface area contributed by atoms with E-state index in [1.54, 1.807) is 7.11 Å². The lowest BCUT2D eigenvalue weighted by molar-refractivity contribution is 0.0669. The fourth-order valence-corrected chi connectivity index (χ4v) is 4.76. The van der Waals surface area contributed by atoms with Gasteiger partial charge in [-0.25, -0.2) is 0 Å². The molecule has 1 saturated heterocycles. The van der Waals surface area contributed by atoms with Crippen molar-refractivity contribution >= 4 is 38.9 Å². The first-order valence-corrected chi connectivity index (χ1v) is 10.7. The average Bonchev–Trinajstić information content (AvgIpc) is 3.39. The van der Waals surface area contributed by atoms with E-state index in [1.807, 2.05) is 42.5 Å². The Bertz CT molecular complexity index is 1010. The molecule has 1 aliphatic heterocycles. The van der Waals surface area contributed by atoms with E-state index in [2.05, 4.69) is 5.32 Å². The number of rotatable bonds is 7. The smallest absolute Gasteiger partial charge is 0.263 e. The van der Waals surface area contributed by atoms with Crippen molar-refractivity contribution in [3.63, 3.8) is 0 Å². The SMILES string of the molecule is COc1cc(CNC(=O)c2sc3ccccc3c2Cl)ccc1OCC1CCCO1. The Labute approximate surface area is 178 Å². The van der Waals surface area contributed by atoms with E-state index >= 15 is 0 Å². The maximum Gasteiger partial charge on any atom is 0.263 e. The number of amides is 1. The lowest BCUT2D eigenvalue weighted by Gasteiger charge is -2.15. The zero-order valence-corrected chi connectivity index (χ0v) is 17.6. The predicted molar refractivity (Wildman–Crippen MR) is 115 cm³/mol. The molecule has 0 spiro atoms. The van der Waals surface area contributed by atoms with Crippen LogP contribution < -0.4 is 14.8 Å². The Hall–Kier alpha value is -2.28. The highest BCUT2D eigenvalue weighted by molar-refractivity contribution is 7.21. The van der Waals surface area contributed by atoms with Gasteiger partial charge in [-0.3, -0.25) is 4.79 Å². The van der Waals surface area contributed by atoms with E-state index < -0.39 is 0 Å². The van der Waals surface area contributed by atoms with E-state index in [0.29, 0.717) is 34.6 Å². The number of carbonyl (C=O) groups excluding carboxylic acids is 1. The van der Waals surface area contributed by atoms with Gasteiger partial charge in [0.2, 0.25) is 0 Å². The summed E-state index contributed by atoms with van der Waals surface area (Å²) in [5, 5.41) is 4.34. The van der Waals surface area contributed by atoms with Gasteiger partial charge in [0.25, 0.3) is 5.91 Å². The molecule has 0 aliphatic carbocycles. The van der Waals surface area contributed by atoms with Gasteiger partial charge in [0, 0.05) is 23.2 Å². The summed E-state index contributed by atoms with van der Waals surface area (Å²) in [5.74, 6) is 1.12. The van der Waals surface area contributed by atoms with Crippen LogP contribution in [-0.4, -0.2) is 32.3 Å². The van der Waals surface area contributed by atoms with Crippen LogP contribution in [0.5, 0.6) is 11.5 Å². The van der Waals surface area contributed by atoms with Gasteiger partial charge in [-0.2, -0.15) is 0 Å². The van der Waals surface area contributed by atoms with Crippen LogP contribution in [0.15, 0.2) is 42.5 Å². The number of carbonyl (C=O) groups is 1. The first-order chi connectivity index (χ1) is 14.2. The summed E-state index contributed by atoms with van der Waals surface area (Å²) < 4.78 is 17.9. The highest BCUT2D eigenvalue weighted by Crippen LogP contribution is 2.35. The molecule has 1 aromatic heterocycles. The maximum absolute atomic E-state index is 12.6. The van der Waals surface area contributed by atoms with Crippen molar-refractivity contribution in [1.82, 2.24) is 5.32 Å². The van der Waals surface area contributed by atoms with Crippen LogP contribution >= 0.6 is 22.9 Å². The molecule has 0 radical (unpaired) electrons. The molecule has 1 fully saturated rings. The van der Waals surface area contributed by atoms with Crippen molar-refractivity contribution in [2.75, 3.05) is 20.3 Å². The molecule has 0 saturated carbocycles. The van der Waals surface area contributed by atoms with Gasteiger partial charge in [0.05, 0.1) is 18.2 Å². The van der Waals surface area contributed by atoms with Crippen molar-refractivity contribution in [1.29, 1.82) is 0 Å². The molecule has 5 nitrogen and oxygen atoms in total. The molecule has 7 heteroatoms. The van der Waals surface area contributed by atoms with Gasteiger partial charge in [-0.1, -0.05) is 35.9 Å².